The van der Waals surface area contributed by atoms with Gasteiger partial charge in [0.25, 0.3) is 5.91 Å². The van der Waals surface area contributed by atoms with Gasteiger partial charge in [-0.15, -0.1) is 0 Å². The molecular formula is C28H25Cl2N5O2. The summed E-state index contributed by atoms with van der Waals surface area (Å²) in [7, 11) is 0. The van der Waals surface area contributed by atoms with Crippen LogP contribution in [0.5, 0.6) is 0 Å². The highest BCUT2D eigenvalue weighted by Gasteiger charge is 2.23. The van der Waals surface area contributed by atoms with Crippen LogP contribution < -0.4 is 16.0 Å². The number of carbonyl (C=O) groups excluding carboxylic acids is 2. The number of rotatable bonds is 7. The maximum absolute atomic E-state index is 12.9. The zero-order valence-corrected chi connectivity index (χ0v) is 21.4. The van der Waals surface area contributed by atoms with Crippen LogP contribution in [0.1, 0.15) is 33.9 Å². The Bertz CT molecular complexity index is 1440. The molecule has 0 saturated heterocycles. The Hall–Kier alpha value is -3.81. The number of halogens is 2. The Morgan fingerprint density at radius 3 is 2.51 bits per heavy atom. The van der Waals surface area contributed by atoms with Crippen molar-refractivity contribution in [3.05, 3.63) is 106 Å². The molecule has 3 N–H and O–H groups in total. The van der Waals surface area contributed by atoms with Gasteiger partial charge in [-0.3, -0.25) is 4.79 Å². The fourth-order valence-electron chi connectivity index (χ4n) is 4.52. The molecule has 5 rings (SSSR count). The van der Waals surface area contributed by atoms with Gasteiger partial charge >= 0.3 is 6.03 Å². The lowest BCUT2D eigenvalue weighted by molar-refractivity contribution is 0.0954. The Balaban J connectivity index is 1.18. The maximum Gasteiger partial charge on any atom is 0.315 e. The minimum absolute atomic E-state index is 0.00385. The first kappa shape index (κ1) is 24.9. The summed E-state index contributed by atoms with van der Waals surface area (Å²) in [5.41, 5.74) is 5.05. The van der Waals surface area contributed by atoms with Crippen LogP contribution in [-0.2, 0) is 6.42 Å². The van der Waals surface area contributed by atoms with Crippen molar-refractivity contribution in [1.82, 2.24) is 25.7 Å². The average Bonchev–Trinajstić information content (AvgIpc) is 3.55. The lowest BCUT2D eigenvalue weighted by Crippen LogP contribution is -2.41. The van der Waals surface area contributed by atoms with Crippen LogP contribution >= 0.6 is 23.2 Å². The van der Waals surface area contributed by atoms with Gasteiger partial charge in [0.2, 0.25) is 0 Å². The number of nitrogens with zero attached hydrogens (tertiary/aromatic N) is 2. The van der Waals surface area contributed by atoms with Crippen LogP contribution in [0, 0.1) is 0 Å². The predicted octanol–water partition coefficient (Wildman–Crippen LogP) is 5.56. The van der Waals surface area contributed by atoms with Crippen molar-refractivity contribution < 1.29 is 9.59 Å². The van der Waals surface area contributed by atoms with Gasteiger partial charge in [-0.2, -0.15) is 5.10 Å². The van der Waals surface area contributed by atoms with E-state index in [4.69, 9.17) is 23.2 Å². The number of nitrogens with one attached hydrogen (secondary N) is 3. The highest BCUT2D eigenvalue weighted by molar-refractivity contribution is 6.40. The number of benzene rings is 3. The van der Waals surface area contributed by atoms with Crippen molar-refractivity contribution in [2.45, 2.75) is 18.9 Å². The number of amides is 3. The van der Waals surface area contributed by atoms with Crippen LogP contribution in [-0.4, -0.2) is 34.8 Å². The van der Waals surface area contributed by atoms with Gasteiger partial charge in [0.1, 0.15) is 0 Å². The molecule has 1 heterocycles. The summed E-state index contributed by atoms with van der Waals surface area (Å²) in [4.78, 5) is 25.3. The summed E-state index contributed by atoms with van der Waals surface area (Å²) in [6.07, 6.45) is 5.40. The first-order chi connectivity index (χ1) is 18.0. The van der Waals surface area contributed by atoms with Crippen LogP contribution in [0.4, 0.5) is 4.79 Å². The Kier molecular flexibility index (Phi) is 7.44. The number of carbonyl (C=O) groups is 2. The molecule has 188 valence electrons. The molecule has 0 aliphatic heterocycles. The van der Waals surface area contributed by atoms with E-state index in [0.29, 0.717) is 5.69 Å². The predicted molar refractivity (Wildman–Crippen MR) is 145 cm³/mol. The first-order valence-corrected chi connectivity index (χ1v) is 12.8. The molecule has 0 radical (unpaired) electrons. The minimum atomic E-state index is -0.431. The number of aryl methyl sites for hydroxylation is 1. The molecule has 0 unspecified atom stereocenters. The molecule has 3 aromatic carbocycles. The van der Waals surface area contributed by atoms with E-state index in [0.717, 1.165) is 29.5 Å². The fraction of sp³-hybridized carbons (Fsp3) is 0.179. The highest BCUT2D eigenvalue weighted by atomic mass is 35.5. The van der Waals surface area contributed by atoms with E-state index in [1.165, 1.54) is 5.56 Å². The molecule has 9 heteroatoms. The number of fused-ring (bicyclic) bond motifs is 1. The van der Waals surface area contributed by atoms with E-state index in [-0.39, 0.29) is 40.8 Å². The van der Waals surface area contributed by atoms with Crippen molar-refractivity contribution in [3.8, 4) is 16.8 Å². The van der Waals surface area contributed by atoms with E-state index >= 15 is 0 Å². The van der Waals surface area contributed by atoms with Gasteiger partial charge in [0, 0.05) is 24.8 Å². The summed E-state index contributed by atoms with van der Waals surface area (Å²) in [6, 6.07) is 21.0. The van der Waals surface area contributed by atoms with Gasteiger partial charge in [-0.05, 0) is 41.7 Å². The minimum Gasteiger partial charge on any atom is -0.350 e. The van der Waals surface area contributed by atoms with Crippen LogP contribution in [0.15, 0.2) is 79.1 Å². The molecule has 1 aliphatic carbocycles. The van der Waals surface area contributed by atoms with Gasteiger partial charge in [0.05, 0.1) is 33.5 Å². The third kappa shape index (κ3) is 5.48. The normalized spacial score (nSPS) is 14.2. The molecule has 0 saturated carbocycles. The van der Waals surface area contributed by atoms with E-state index in [2.05, 4.69) is 27.1 Å². The fourth-order valence-corrected chi connectivity index (χ4v) is 5.15. The van der Waals surface area contributed by atoms with E-state index < -0.39 is 5.91 Å². The maximum atomic E-state index is 12.9. The molecule has 1 aromatic heterocycles. The third-order valence-electron chi connectivity index (χ3n) is 6.37. The SMILES string of the molecule is O=C(NCCNC(=O)c1c(Cl)ccc(-n2cc(-c3ccccc3)cn2)c1Cl)N[C@@H]1CCc2ccccc21. The zero-order valence-electron chi connectivity index (χ0n) is 19.9. The smallest absolute Gasteiger partial charge is 0.315 e. The molecule has 4 aromatic rings. The summed E-state index contributed by atoms with van der Waals surface area (Å²) >= 11 is 12.9. The van der Waals surface area contributed by atoms with Gasteiger partial charge in [-0.25, -0.2) is 9.48 Å². The topological polar surface area (TPSA) is 88.1 Å². The molecular weight excluding hydrogens is 509 g/mol. The Labute approximate surface area is 224 Å². The molecule has 1 atom stereocenters. The Morgan fingerprint density at radius 2 is 1.68 bits per heavy atom. The largest absolute Gasteiger partial charge is 0.350 e. The lowest BCUT2D eigenvalue weighted by atomic mass is 10.1. The summed E-state index contributed by atoms with van der Waals surface area (Å²) in [5, 5.41) is 13.4. The monoisotopic (exact) mass is 533 g/mol. The number of urea groups is 1. The standard InChI is InChI=1S/C28H25Cl2N5O2/c29-22-11-13-24(35-17-20(16-33-35)18-6-2-1-3-7-18)26(30)25(22)27(36)31-14-15-32-28(37)34-23-12-10-19-8-4-5-9-21(19)23/h1-9,11,13,16-17,23H,10,12,14-15H2,(H,31,36)(H2,32,34,37)/t23-/m1/s1. The first-order valence-electron chi connectivity index (χ1n) is 12.0. The zero-order chi connectivity index (χ0) is 25.8. The second kappa shape index (κ2) is 11.1. The highest BCUT2D eigenvalue weighted by Crippen LogP contribution is 2.32. The quantitative estimate of drug-likeness (QED) is 0.271. The molecule has 0 fully saturated rings. The summed E-state index contributed by atoms with van der Waals surface area (Å²) in [6.45, 7) is 0.463. The van der Waals surface area contributed by atoms with Crippen molar-refractivity contribution in [2.24, 2.45) is 0 Å². The Morgan fingerprint density at radius 1 is 0.919 bits per heavy atom. The van der Waals surface area contributed by atoms with Crippen molar-refractivity contribution in [1.29, 1.82) is 0 Å². The van der Waals surface area contributed by atoms with Crippen LogP contribution in [0.25, 0.3) is 16.8 Å². The van der Waals surface area contributed by atoms with E-state index in [1.54, 1.807) is 23.0 Å². The summed E-state index contributed by atoms with van der Waals surface area (Å²) < 4.78 is 1.62. The van der Waals surface area contributed by atoms with Crippen molar-refractivity contribution >= 4 is 35.1 Å². The molecule has 0 spiro atoms. The third-order valence-corrected chi connectivity index (χ3v) is 7.07. The summed E-state index contributed by atoms with van der Waals surface area (Å²) in [5.74, 6) is -0.431. The molecule has 3 amide bonds. The van der Waals surface area contributed by atoms with Crippen molar-refractivity contribution in [2.75, 3.05) is 13.1 Å². The average molecular weight is 534 g/mol. The number of aromatic nitrogens is 2. The molecule has 0 bridgehead atoms. The molecule has 1 aliphatic rings. The van der Waals surface area contributed by atoms with E-state index in [1.807, 2.05) is 54.7 Å². The lowest BCUT2D eigenvalue weighted by Gasteiger charge is -2.15. The number of hydrogen-bond donors (Lipinski definition) is 3. The van der Waals surface area contributed by atoms with Crippen molar-refractivity contribution in [3.63, 3.8) is 0 Å². The van der Waals surface area contributed by atoms with Gasteiger partial charge in [-0.1, -0.05) is 77.8 Å². The van der Waals surface area contributed by atoms with E-state index in [9.17, 15) is 9.59 Å². The van der Waals surface area contributed by atoms with Gasteiger partial charge < -0.3 is 16.0 Å². The molecule has 7 nitrogen and oxygen atoms in total. The number of hydrogen-bond acceptors (Lipinski definition) is 3. The molecule has 37 heavy (non-hydrogen) atoms. The second-order valence-corrected chi connectivity index (χ2v) is 9.53. The second-order valence-electron chi connectivity index (χ2n) is 8.74. The van der Waals surface area contributed by atoms with Gasteiger partial charge in [0.15, 0.2) is 0 Å². The van der Waals surface area contributed by atoms with Crippen LogP contribution in [0.3, 0.4) is 0 Å². The van der Waals surface area contributed by atoms with Crippen LogP contribution in [0.2, 0.25) is 10.0 Å².